The maximum atomic E-state index is 8.89. The van der Waals surface area contributed by atoms with Crippen molar-refractivity contribution in [2.75, 3.05) is 0 Å². The fraction of sp³-hybridized carbons (Fsp3) is 0.0769. The number of hydrogen-bond donors (Lipinski definition) is 0. The number of nitrogens with zero attached hydrogens (tertiary/aromatic N) is 2. The van der Waals surface area contributed by atoms with Crippen molar-refractivity contribution in [2.45, 2.75) is 13.3 Å². The Kier molecular flexibility index (Phi) is 4.99. The lowest BCUT2D eigenvalue weighted by Gasteiger charge is -2.11. The summed E-state index contributed by atoms with van der Waals surface area (Å²) in [5, 5.41) is 8.89. The van der Waals surface area contributed by atoms with Crippen molar-refractivity contribution in [3.05, 3.63) is 102 Å². The number of pyridine rings is 1. The molecule has 2 heteroatoms. The number of rotatable bonds is 4. The molecule has 1 heterocycles. The van der Waals surface area contributed by atoms with Crippen LogP contribution in [-0.2, 0) is 6.42 Å². The molecular formula is C26H20N2. The lowest BCUT2D eigenvalue weighted by Crippen LogP contribution is -1.92. The highest BCUT2D eigenvalue weighted by molar-refractivity contribution is 5.76. The first-order valence-electron chi connectivity index (χ1n) is 9.34. The second kappa shape index (κ2) is 7.90. The molecule has 1 aromatic heterocycles. The molecule has 0 amide bonds. The third-order valence-electron chi connectivity index (χ3n) is 4.81. The first kappa shape index (κ1) is 17.7. The number of aryl methyl sites for hydroxylation is 1. The molecule has 0 spiro atoms. The van der Waals surface area contributed by atoms with E-state index < -0.39 is 0 Å². The van der Waals surface area contributed by atoms with Gasteiger partial charge in [0.2, 0.25) is 0 Å². The van der Waals surface area contributed by atoms with Crippen LogP contribution in [0.15, 0.2) is 91.0 Å². The van der Waals surface area contributed by atoms with E-state index in [4.69, 9.17) is 10.2 Å². The van der Waals surface area contributed by atoms with Crippen LogP contribution >= 0.6 is 0 Å². The molecule has 0 saturated heterocycles. The average Bonchev–Trinajstić information content (AvgIpc) is 2.75. The number of aromatic nitrogens is 1. The standard InChI is InChI=1S/C26H20N2/c1-19-7-11-22(12-8-19)25-17-24(21-5-3-2-4-6-21)18-26(28-25)23-13-9-20(10-14-23)15-16-27/h2-14,17-18H,15H2,1H3. The lowest BCUT2D eigenvalue weighted by molar-refractivity contribution is 1.26. The summed E-state index contributed by atoms with van der Waals surface area (Å²) in [7, 11) is 0. The lowest BCUT2D eigenvalue weighted by atomic mass is 9.99. The predicted molar refractivity (Wildman–Crippen MR) is 115 cm³/mol. The van der Waals surface area contributed by atoms with Crippen molar-refractivity contribution >= 4 is 0 Å². The predicted octanol–water partition coefficient (Wildman–Crippen LogP) is 6.46. The SMILES string of the molecule is Cc1ccc(-c2cc(-c3ccccc3)cc(-c3ccc(CC#N)cc3)n2)cc1. The Morgan fingerprint density at radius 2 is 1.25 bits per heavy atom. The van der Waals surface area contributed by atoms with Gasteiger partial charge in [-0.3, -0.25) is 0 Å². The fourth-order valence-corrected chi connectivity index (χ4v) is 3.23. The molecule has 3 aromatic carbocycles. The maximum Gasteiger partial charge on any atom is 0.0715 e. The van der Waals surface area contributed by atoms with Crippen molar-refractivity contribution < 1.29 is 0 Å². The minimum absolute atomic E-state index is 0.423. The maximum absolute atomic E-state index is 8.89. The third-order valence-corrected chi connectivity index (χ3v) is 4.81. The smallest absolute Gasteiger partial charge is 0.0715 e. The van der Waals surface area contributed by atoms with Gasteiger partial charge in [-0.2, -0.15) is 5.26 Å². The Morgan fingerprint density at radius 1 is 0.679 bits per heavy atom. The van der Waals surface area contributed by atoms with E-state index in [-0.39, 0.29) is 0 Å². The van der Waals surface area contributed by atoms with Gasteiger partial charge in [-0.05, 0) is 35.7 Å². The summed E-state index contributed by atoms with van der Waals surface area (Å²) < 4.78 is 0. The van der Waals surface area contributed by atoms with Crippen molar-refractivity contribution in [3.63, 3.8) is 0 Å². The summed E-state index contributed by atoms with van der Waals surface area (Å²) in [6.07, 6.45) is 0.423. The molecule has 0 radical (unpaired) electrons. The van der Waals surface area contributed by atoms with Gasteiger partial charge in [-0.1, -0.05) is 84.4 Å². The highest BCUT2D eigenvalue weighted by Crippen LogP contribution is 2.30. The van der Waals surface area contributed by atoms with Crippen LogP contribution in [0.5, 0.6) is 0 Å². The minimum Gasteiger partial charge on any atom is -0.248 e. The fourth-order valence-electron chi connectivity index (χ4n) is 3.23. The van der Waals surface area contributed by atoms with Crippen molar-refractivity contribution in [1.29, 1.82) is 5.26 Å². The van der Waals surface area contributed by atoms with E-state index in [1.807, 2.05) is 30.3 Å². The van der Waals surface area contributed by atoms with Gasteiger partial charge in [-0.15, -0.1) is 0 Å². The Labute approximate surface area is 165 Å². The van der Waals surface area contributed by atoms with E-state index in [0.29, 0.717) is 6.42 Å². The van der Waals surface area contributed by atoms with E-state index in [1.54, 1.807) is 0 Å². The average molecular weight is 360 g/mol. The Balaban J connectivity index is 1.84. The summed E-state index contributed by atoms with van der Waals surface area (Å²) in [6, 6.07) is 33.4. The van der Waals surface area contributed by atoms with Crippen LogP contribution in [0.4, 0.5) is 0 Å². The first-order valence-corrected chi connectivity index (χ1v) is 9.34. The van der Waals surface area contributed by atoms with Crippen LogP contribution in [0.3, 0.4) is 0 Å². The van der Waals surface area contributed by atoms with Crippen LogP contribution in [0.2, 0.25) is 0 Å². The molecular weight excluding hydrogens is 340 g/mol. The summed E-state index contributed by atoms with van der Waals surface area (Å²) in [5.74, 6) is 0. The molecule has 4 aromatic rings. The second-order valence-electron chi connectivity index (χ2n) is 6.89. The van der Waals surface area contributed by atoms with Crippen molar-refractivity contribution in [3.8, 4) is 39.7 Å². The van der Waals surface area contributed by atoms with Crippen LogP contribution in [0, 0.1) is 18.3 Å². The van der Waals surface area contributed by atoms with E-state index in [0.717, 1.165) is 33.6 Å². The summed E-state index contributed by atoms with van der Waals surface area (Å²) in [5.41, 5.74) is 8.60. The molecule has 0 aliphatic carbocycles. The molecule has 0 aliphatic rings. The Hall–Kier alpha value is -3.70. The number of benzene rings is 3. The molecule has 134 valence electrons. The Morgan fingerprint density at radius 3 is 1.82 bits per heavy atom. The zero-order valence-electron chi connectivity index (χ0n) is 15.8. The molecule has 4 rings (SSSR count). The molecule has 28 heavy (non-hydrogen) atoms. The third kappa shape index (κ3) is 3.84. The van der Waals surface area contributed by atoms with Gasteiger partial charge >= 0.3 is 0 Å². The Bertz CT molecular complexity index is 1120. The molecule has 0 saturated carbocycles. The van der Waals surface area contributed by atoms with Crippen molar-refractivity contribution in [2.24, 2.45) is 0 Å². The minimum atomic E-state index is 0.423. The molecule has 0 atom stereocenters. The normalized spacial score (nSPS) is 10.4. The number of nitriles is 1. The van der Waals surface area contributed by atoms with Gasteiger partial charge in [0.25, 0.3) is 0 Å². The van der Waals surface area contributed by atoms with Gasteiger partial charge in [0.1, 0.15) is 0 Å². The monoisotopic (exact) mass is 360 g/mol. The van der Waals surface area contributed by atoms with Crippen LogP contribution in [-0.4, -0.2) is 4.98 Å². The van der Waals surface area contributed by atoms with Crippen LogP contribution in [0.25, 0.3) is 33.6 Å². The van der Waals surface area contributed by atoms with E-state index in [1.165, 1.54) is 11.1 Å². The van der Waals surface area contributed by atoms with E-state index in [2.05, 4.69) is 73.7 Å². The summed E-state index contributed by atoms with van der Waals surface area (Å²) >= 11 is 0. The van der Waals surface area contributed by atoms with Crippen LogP contribution < -0.4 is 0 Å². The summed E-state index contributed by atoms with van der Waals surface area (Å²) in [4.78, 5) is 4.94. The van der Waals surface area contributed by atoms with Gasteiger partial charge in [0.15, 0.2) is 0 Å². The molecule has 0 fully saturated rings. The highest BCUT2D eigenvalue weighted by atomic mass is 14.7. The molecule has 0 aliphatic heterocycles. The van der Waals surface area contributed by atoms with Crippen LogP contribution in [0.1, 0.15) is 11.1 Å². The zero-order valence-corrected chi connectivity index (χ0v) is 15.8. The second-order valence-corrected chi connectivity index (χ2v) is 6.89. The molecule has 0 N–H and O–H groups in total. The largest absolute Gasteiger partial charge is 0.248 e. The molecule has 2 nitrogen and oxygen atoms in total. The van der Waals surface area contributed by atoms with Gasteiger partial charge in [0.05, 0.1) is 23.9 Å². The van der Waals surface area contributed by atoms with Gasteiger partial charge in [0, 0.05) is 11.1 Å². The van der Waals surface area contributed by atoms with Gasteiger partial charge < -0.3 is 0 Å². The quantitative estimate of drug-likeness (QED) is 0.419. The highest BCUT2D eigenvalue weighted by Gasteiger charge is 2.09. The zero-order chi connectivity index (χ0) is 19.3. The summed E-state index contributed by atoms with van der Waals surface area (Å²) in [6.45, 7) is 2.09. The number of hydrogen-bond acceptors (Lipinski definition) is 2. The molecule has 0 bridgehead atoms. The van der Waals surface area contributed by atoms with E-state index >= 15 is 0 Å². The topological polar surface area (TPSA) is 36.7 Å². The molecule has 0 unspecified atom stereocenters. The van der Waals surface area contributed by atoms with E-state index in [9.17, 15) is 0 Å². The van der Waals surface area contributed by atoms with Gasteiger partial charge in [-0.25, -0.2) is 4.98 Å². The first-order chi connectivity index (χ1) is 13.7. The van der Waals surface area contributed by atoms with Crippen molar-refractivity contribution in [1.82, 2.24) is 4.98 Å².